The van der Waals surface area contributed by atoms with E-state index in [-0.39, 0.29) is 17.9 Å². The summed E-state index contributed by atoms with van der Waals surface area (Å²) in [7, 11) is -1.05. The van der Waals surface area contributed by atoms with Gasteiger partial charge in [-0.3, -0.25) is 4.90 Å². The van der Waals surface area contributed by atoms with Gasteiger partial charge in [0.2, 0.25) is 0 Å². The molecule has 2 saturated heterocycles. The molecule has 2 aliphatic rings. The van der Waals surface area contributed by atoms with Gasteiger partial charge in [-0.1, -0.05) is 39.0 Å². The predicted octanol–water partition coefficient (Wildman–Crippen LogP) is 6.29. The van der Waals surface area contributed by atoms with E-state index in [0.717, 1.165) is 18.0 Å². The van der Waals surface area contributed by atoms with E-state index >= 15 is 0 Å². The van der Waals surface area contributed by atoms with Crippen LogP contribution in [0.1, 0.15) is 66.4 Å². The Kier molecular flexibility index (Phi) is 10.4. The summed E-state index contributed by atoms with van der Waals surface area (Å²) in [6, 6.07) is 6.84. The summed E-state index contributed by atoms with van der Waals surface area (Å²) in [6.45, 7) is 17.2. The van der Waals surface area contributed by atoms with E-state index in [0.29, 0.717) is 37.4 Å². The summed E-state index contributed by atoms with van der Waals surface area (Å²) in [5.41, 5.74) is -0.877. The molecule has 248 valence electrons. The number of carbonyl (C=O) groups excluding carboxylic acids is 2. The van der Waals surface area contributed by atoms with E-state index in [1.807, 2.05) is 24.3 Å². The lowest BCUT2D eigenvalue weighted by Crippen LogP contribution is -2.58. The number of likely N-dealkylation sites (tertiary alicyclic amines) is 1. The molecule has 12 heteroatoms. The van der Waals surface area contributed by atoms with Crippen LogP contribution >= 0.6 is 0 Å². The highest BCUT2D eigenvalue weighted by atomic mass is 28.4. The lowest BCUT2D eigenvalue weighted by molar-refractivity contribution is -0.154. The van der Waals surface area contributed by atoms with Gasteiger partial charge in [0.15, 0.2) is 31.8 Å². The molecule has 1 amide bonds. The first kappa shape index (κ1) is 34.9. The number of aromatic nitrogens is 2. The van der Waals surface area contributed by atoms with Gasteiger partial charge in [0.1, 0.15) is 5.60 Å². The summed E-state index contributed by atoms with van der Waals surface area (Å²) < 4.78 is 43.5. The Morgan fingerprint density at radius 1 is 1.07 bits per heavy atom. The Labute approximate surface area is 267 Å². The fraction of sp³-hybridized carbons (Fsp3) is 0.636. The zero-order valence-corrected chi connectivity index (χ0v) is 29.0. The number of methoxy groups -OCH3 is 1. The quantitative estimate of drug-likeness (QED) is 0.230. The minimum Gasteiger partial charge on any atom is -0.467 e. The van der Waals surface area contributed by atoms with E-state index < -0.39 is 55.8 Å². The van der Waals surface area contributed by atoms with Crippen LogP contribution in [-0.4, -0.2) is 85.1 Å². The van der Waals surface area contributed by atoms with Crippen molar-refractivity contribution in [3.63, 3.8) is 0 Å². The molecule has 4 rings (SSSR count). The van der Waals surface area contributed by atoms with Crippen molar-refractivity contribution in [3.05, 3.63) is 48.0 Å². The first-order chi connectivity index (χ1) is 21.0. The number of ether oxygens (including phenoxy) is 4. The van der Waals surface area contributed by atoms with Crippen LogP contribution in [0, 0.1) is 5.82 Å². The smallest absolute Gasteiger partial charge is 0.411 e. The second kappa shape index (κ2) is 13.4. The number of hydrogen-bond donors (Lipinski definition) is 0. The maximum atomic E-state index is 14.3. The van der Waals surface area contributed by atoms with Crippen molar-refractivity contribution in [2.24, 2.45) is 0 Å². The number of benzene rings is 1. The summed E-state index contributed by atoms with van der Waals surface area (Å²) >= 11 is 0. The van der Waals surface area contributed by atoms with Crippen molar-refractivity contribution in [1.29, 1.82) is 0 Å². The number of hydrogen-bond acceptors (Lipinski definition) is 9. The molecule has 0 saturated carbocycles. The molecule has 2 fully saturated rings. The fourth-order valence-corrected chi connectivity index (χ4v) is 7.11. The molecule has 1 aromatic carbocycles. The number of amides is 1. The van der Waals surface area contributed by atoms with Gasteiger partial charge in [0, 0.05) is 24.8 Å². The molecule has 3 heterocycles. The molecule has 0 bridgehead atoms. The van der Waals surface area contributed by atoms with Gasteiger partial charge in [-0.2, -0.15) is 0 Å². The first-order valence-corrected chi connectivity index (χ1v) is 18.5. The van der Waals surface area contributed by atoms with Gasteiger partial charge in [0.05, 0.1) is 44.9 Å². The molecule has 3 atom stereocenters. The summed E-state index contributed by atoms with van der Waals surface area (Å²) in [5, 5.41) is -0.119. The zero-order valence-electron chi connectivity index (χ0n) is 28.0. The second-order valence-electron chi connectivity index (χ2n) is 14.4. The summed E-state index contributed by atoms with van der Waals surface area (Å²) in [4.78, 5) is 38.2. The topological polar surface area (TPSA) is 109 Å². The van der Waals surface area contributed by atoms with Crippen LogP contribution in [-0.2, 0) is 34.6 Å². The molecule has 0 N–H and O–H groups in total. The SMILES string of the molecule is COC(=O)[C@]1(Cc2cccc(-c3ncc(F)cn3)c2)C[C@H](O[Si](C)(C)C(C)(C)C)[C@H](CCC2OCCO2)N1C(=O)OC(C)(C)C. The van der Waals surface area contributed by atoms with Crippen molar-refractivity contribution >= 4 is 20.4 Å². The fourth-order valence-electron chi connectivity index (χ4n) is 5.76. The first-order valence-electron chi connectivity index (χ1n) is 15.5. The molecule has 45 heavy (non-hydrogen) atoms. The average Bonchev–Trinajstić information content (AvgIpc) is 3.56. The molecular formula is C33H48FN3O7Si. The summed E-state index contributed by atoms with van der Waals surface area (Å²) in [6.07, 6.45) is 2.01. The maximum Gasteiger partial charge on any atom is 0.411 e. The van der Waals surface area contributed by atoms with Crippen LogP contribution in [0.5, 0.6) is 0 Å². The number of esters is 1. The second-order valence-corrected chi connectivity index (χ2v) is 19.2. The Bertz CT molecular complexity index is 1340. The van der Waals surface area contributed by atoms with Crippen LogP contribution < -0.4 is 0 Å². The monoisotopic (exact) mass is 645 g/mol. The highest BCUT2D eigenvalue weighted by Crippen LogP contribution is 2.46. The van der Waals surface area contributed by atoms with Crippen LogP contribution in [0.4, 0.5) is 9.18 Å². The van der Waals surface area contributed by atoms with Crippen molar-refractivity contribution in [2.75, 3.05) is 20.3 Å². The normalized spacial score (nSPS) is 22.9. The lowest BCUT2D eigenvalue weighted by atomic mass is 9.87. The van der Waals surface area contributed by atoms with E-state index in [1.165, 1.54) is 7.11 Å². The molecule has 0 aliphatic carbocycles. The minimum absolute atomic E-state index is 0.119. The molecule has 1 aromatic heterocycles. The Morgan fingerprint density at radius 3 is 2.29 bits per heavy atom. The van der Waals surface area contributed by atoms with Crippen LogP contribution in [0.3, 0.4) is 0 Å². The highest BCUT2D eigenvalue weighted by molar-refractivity contribution is 6.74. The standard InChI is InChI=1S/C33H48FN3O7Si/c1-31(2,3)43-30(39)37-25(13-14-27-41-15-16-42-27)26(44-45(8,9)32(4,5)6)19-33(37,29(38)40-7)18-22-11-10-12-23(17-22)28-35-20-24(34)21-36-28/h10-12,17,20-21,25-27H,13-16,18-19H2,1-9H3/t25-,26-,33-/m0/s1. The van der Waals surface area contributed by atoms with E-state index in [2.05, 4.69) is 43.8 Å². The average molecular weight is 646 g/mol. The molecule has 2 aromatic rings. The van der Waals surface area contributed by atoms with E-state index in [1.54, 1.807) is 25.7 Å². The molecule has 0 radical (unpaired) electrons. The Morgan fingerprint density at radius 2 is 1.71 bits per heavy atom. The largest absolute Gasteiger partial charge is 0.467 e. The summed E-state index contributed by atoms with van der Waals surface area (Å²) in [5.74, 6) is -0.753. The van der Waals surface area contributed by atoms with Crippen LogP contribution in [0.25, 0.3) is 11.4 Å². The van der Waals surface area contributed by atoms with Crippen molar-refractivity contribution in [1.82, 2.24) is 14.9 Å². The van der Waals surface area contributed by atoms with Gasteiger partial charge >= 0.3 is 12.1 Å². The zero-order chi connectivity index (χ0) is 33.2. The number of rotatable bonds is 9. The molecule has 0 spiro atoms. The third kappa shape index (κ3) is 8.08. The Balaban J connectivity index is 1.82. The third-order valence-electron chi connectivity index (χ3n) is 8.86. The highest BCUT2D eigenvalue weighted by Gasteiger charge is 2.61. The van der Waals surface area contributed by atoms with Crippen LogP contribution in [0.15, 0.2) is 36.7 Å². The number of nitrogens with zero attached hydrogens (tertiary/aromatic N) is 3. The van der Waals surface area contributed by atoms with Gasteiger partial charge in [-0.05, 0) is 57.0 Å². The maximum absolute atomic E-state index is 14.3. The van der Waals surface area contributed by atoms with E-state index in [4.69, 9.17) is 23.4 Å². The molecule has 2 aliphatic heterocycles. The van der Waals surface area contributed by atoms with Crippen molar-refractivity contribution in [3.8, 4) is 11.4 Å². The van der Waals surface area contributed by atoms with Gasteiger partial charge < -0.3 is 23.4 Å². The van der Waals surface area contributed by atoms with Gasteiger partial charge in [-0.15, -0.1) is 0 Å². The minimum atomic E-state index is -2.38. The molecular weight excluding hydrogens is 597 g/mol. The predicted molar refractivity (Wildman–Crippen MR) is 169 cm³/mol. The molecule has 0 unspecified atom stereocenters. The lowest BCUT2D eigenvalue weighted by Gasteiger charge is -2.41. The third-order valence-corrected chi connectivity index (χ3v) is 13.4. The molecule has 10 nitrogen and oxygen atoms in total. The van der Waals surface area contributed by atoms with E-state index in [9.17, 15) is 14.0 Å². The van der Waals surface area contributed by atoms with Crippen molar-refractivity contribution < 1.29 is 37.4 Å². The van der Waals surface area contributed by atoms with Gasteiger partial charge in [0.25, 0.3) is 0 Å². The van der Waals surface area contributed by atoms with Crippen LogP contribution in [0.2, 0.25) is 18.1 Å². The number of carbonyl (C=O) groups is 2. The number of halogens is 1. The Hall–Kier alpha value is -2.93. The van der Waals surface area contributed by atoms with Gasteiger partial charge in [-0.25, -0.2) is 23.9 Å². The van der Waals surface area contributed by atoms with Crippen molar-refractivity contribution in [2.45, 2.75) is 115 Å².